The highest BCUT2D eigenvalue weighted by atomic mass is 32.2. The van der Waals surface area contributed by atoms with Crippen LogP contribution >= 0.6 is 0 Å². The van der Waals surface area contributed by atoms with Gasteiger partial charge >= 0.3 is 0 Å². The van der Waals surface area contributed by atoms with Gasteiger partial charge in [0, 0.05) is 13.1 Å². The largest absolute Gasteiger partial charge is 0.496 e. The highest BCUT2D eigenvalue weighted by molar-refractivity contribution is 7.92. The molecule has 0 radical (unpaired) electrons. The summed E-state index contributed by atoms with van der Waals surface area (Å²) in [7, 11) is 0.302. The van der Waals surface area contributed by atoms with E-state index in [0.29, 0.717) is 29.4 Å². The zero-order chi connectivity index (χ0) is 22.8. The number of nitrogens with one attached hydrogen (secondary N) is 1. The van der Waals surface area contributed by atoms with E-state index in [4.69, 9.17) is 9.15 Å². The molecule has 0 saturated carbocycles. The number of benzene rings is 2. The summed E-state index contributed by atoms with van der Waals surface area (Å²) in [5, 5.41) is 0. The van der Waals surface area contributed by atoms with Crippen LogP contribution in [0.3, 0.4) is 0 Å². The van der Waals surface area contributed by atoms with Gasteiger partial charge in [-0.05, 0) is 62.7 Å². The van der Waals surface area contributed by atoms with Gasteiger partial charge in [0.25, 0.3) is 0 Å². The number of hydrogen-bond donors (Lipinski definition) is 1. The lowest BCUT2D eigenvalue weighted by Gasteiger charge is -2.19. The van der Waals surface area contributed by atoms with Crippen LogP contribution in [0.2, 0.25) is 0 Å². The second-order valence-electron chi connectivity index (χ2n) is 7.79. The molecular weight excluding hydrogens is 414 g/mol. The number of rotatable bonds is 8. The average Bonchev–Trinajstić information content (AvgIpc) is 3.05. The van der Waals surface area contributed by atoms with Crippen molar-refractivity contribution in [3.8, 4) is 17.2 Å². The summed E-state index contributed by atoms with van der Waals surface area (Å²) in [6.45, 7) is 7.39. The molecule has 0 aliphatic carbocycles. The van der Waals surface area contributed by atoms with Crippen LogP contribution in [0.15, 0.2) is 40.8 Å². The standard InChI is InChI=1S/C23H29N3O4S/c1-15-16(2)22(29-5)12-11-18(15)13-26(4)14-21-17(3)30-23(24-21)19-9-7-8-10-20(19)25-31(6,27)28/h7-12,25H,13-14H2,1-6H3. The van der Waals surface area contributed by atoms with E-state index in [9.17, 15) is 8.42 Å². The topological polar surface area (TPSA) is 84.7 Å². The SMILES string of the molecule is COc1ccc(CN(C)Cc2nc(-c3ccccc3NS(C)(=O)=O)oc2C)c(C)c1C. The van der Waals surface area contributed by atoms with Crippen molar-refractivity contribution in [2.75, 3.05) is 25.1 Å². The lowest BCUT2D eigenvalue weighted by molar-refractivity contribution is 0.312. The van der Waals surface area contributed by atoms with Crippen LogP contribution in [0.4, 0.5) is 5.69 Å². The maximum Gasteiger partial charge on any atom is 0.229 e. The number of hydrogen-bond acceptors (Lipinski definition) is 6. The molecule has 7 nitrogen and oxygen atoms in total. The molecule has 1 N–H and O–H groups in total. The van der Waals surface area contributed by atoms with Gasteiger partial charge in [0.15, 0.2) is 0 Å². The minimum atomic E-state index is -3.41. The van der Waals surface area contributed by atoms with Crippen molar-refractivity contribution in [2.24, 2.45) is 0 Å². The molecule has 1 heterocycles. The quantitative estimate of drug-likeness (QED) is 0.559. The van der Waals surface area contributed by atoms with E-state index in [0.717, 1.165) is 29.8 Å². The molecule has 8 heteroatoms. The predicted molar refractivity (Wildman–Crippen MR) is 123 cm³/mol. The van der Waals surface area contributed by atoms with Crippen LogP contribution in [0, 0.1) is 20.8 Å². The smallest absolute Gasteiger partial charge is 0.229 e. The first kappa shape index (κ1) is 22.8. The van der Waals surface area contributed by atoms with E-state index in [1.807, 2.05) is 26.1 Å². The predicted octanol–water partition coefficient (Wildman–Crippen LogP) is 4.28. The van der Waals surface area contributed by atoms with Crippen molar-refractivity contribution in [3.63, 3.8) is 0 Å². The zero-order valence-corrected chi connectivity index (χ0v) is 19.6. The lowest BCUT2D eigenvalue weighted by Crippen LogP contribution is -2.19. The lowest BCUT2D eigenvalue weighted by atomic mass is 10.0. The summed E-state index contributed by atoms with van der Waals surface area (Å²) in [6, 6.07) is 11.2. The van der Waals surface area contributed by atoms with Crippen LogP contribution in [-0.4, -0.2) is 38.7 Å². The van der Waals surface area contributed by atoms with E-state index < -0.39 is 10.0 Å². The van der Waals surface area contributed by atoms with Gasteiger partial charge in [0.2, 0.25) is 15.9 Å². The molecule has 3 rings (SSSR count). The summed E-state index contributed by atoms with van der Waals surface area (Å²) in [4.78, 5) is 6.83. The second kappa shape index (κ2) is 9.11. The van der Waals surface area contributed by atoms with Crippen molar-refractivity contribution in [1.29, 1.82) is 0 Å². The molecular formula is C23H29N3O4S. The Labute approximate surface area is 184 Å². The maximum absolute atomic E-state index is 11.7. The summed E-state index contributed by atoms with van der Waals surface area (Å²) >= 11 is 0. The monoisotopic (exact) mass is 443 g/mol. The van der Waals surface area contributed by atoms with Gasteiger partial charge in [-0.3, -0.25) is 9.62 Å². The van der Waals surface area contributed by atoms with E-state index in [1.54, 1.807) is 25.3 Å². The Morgan fingerprint density at radius 2 is 1.77 bits per heavy atom. The Morgan fingerprint density at radius 3 is 2.45 bits per heavy atom. The molecule has 2 aromatic carbocycles. The third kappa shape index (κ3) is 5.45. The normalized spacial score (nSPS) is 11.7. The first-order valence-corrected chi connectivity index (χ1v) is 11.8. The highest BCUT2D eigenvalue weighted by Gasteiger charge is 2.18. The van der Waals surface area contributed by atoms with Gasteiger partial charge in [0.05, 0.1) is 30.3 Å². The van der Waals surface area contributed by atoms with Gasteiger partial charge in [-0.15, -0.1) is 0 Å². The molecule has 0 amide bonds. The van der Waals surface area contributed by atoms with Gasteiger partial charge < -0.3 is 9.15 Å². The number of ether oxygens (including phenoxy) is 1. The fourth-order valence-corrected chi connectivity index (χ4v) is 4.07. The Hall–Kier alpha value is -2.84. The third-order valence-corrected chi connectivity index (χ3v) is 5.87. The molecule has 166 valence electrons. The third-order valence-electron chi connectivity index (χ3n) is 5.28. The summed E-state index contributed by atoms with van der Waals surface area (Å²) in [5.74, 6) is 1.99. The molecule has 0 saturated heterocycles. The zero-order valence-electron chi connectivity index (χ0n) is 18.8. The second-order valence-corrected chi connectivity index (χ2v) is 9.54. The minimum Gasteiger partial charge on any atom is -0.496 e. The molecule has 3 aromatic rings. The molecule has 31 heavy (non-hydrogen) atoms. The number of methoxy groups -OCH3 is 1. The average molecular weight is 444 g/mol. The van der Waals surface area contributed by atoms with Crippen molar-refractivity contribution in [3.05, 3.63) is 64.5 Å². The number of aromatic nitrogens is 1. The van der Waals surface area contributed by atoms with Gasteiger partial charge in [0.1, 0.15) is 11.5 Å². The fourth-order valence-electron chi connectivity index (χ4n) is 3.49. The number of para-hydroxylation sites is 1. The molecule has 0 aliphatic heterocycles. The highest BCUT2D eigenvalue weighted by Crippen LogP contribution is 2.30. The maximum atomic E-state index is 11.7. The Bertz CT molecular complexity index is 1190. The Morgan fingerprint density at radius 1 is 1.06 bits per heavy atom. The minimum absolute atomic E-state index is 0.393. The van der Waals surface area contributed by atoms with Crippen LogP contribution < -0.4 is 9.46 Å². The number of aryl methyl sites for hydroxylation is 1. The molecule has 0 spiro atoms. The first-order chi connectivity index (χ1) is 14.6. The molecule has 1 aromatic heterocycles. The first-order valence-electron chi connectivity index (χ1n) is 9.94. The van der Waals surface area contributed by atoms with Gasteiger partial charge in [-0.25, -0.2) is 13.4 Å². The van der Waals surface area contributed by atoms with Crippen LogP contribution in [0.5, 0.6) is 5.75 Å². The number of oxazole rings is 1. The van der Waals surface area contributed by atoms with Crippen molar-refractivity contribution < 1.29 is 17.6 Å². The van der Waals surface area contributed by atoms with Crippen LogP contribution in [0.25, 0.3) is 11.5 Å². The summed E-state index contributed by atoms with van der Waals surface area (Å²) in [5.41, 5.74) is 5.44. The number of anilines is 1. The van der Waals surface area contributed by atoms with E-state index in [2.05, 4.69) is 34.5 Å². The van der Waals surface area contributed by atoms with E-state index in [-0.39, 0.29) is 0 Å². The van der Waals surface area contributed by atoms with Crippen LogP contribution in [-0.2, 0) is 23.1 Å². The Kier molecular flexibility index (Phi) is 6.71. The molecule has 0 bridgehead atoms. The van der Waals surface area contributed by atoms with E-state index in [1.165, 1.54) is 11.1 Å². The van der Waals surface area contributed by atoms with Crippen molar-refractivity contribution >= 4 is 15.7 Å². The summed E-state index contributed by atoms with van der Waals surface area (Å²) in [6.07, 6.45) is 1.12. The van der Waals surface area contributed by atoms with Crippen LogP contribution in [0.1, 0.15) is 28.1 Å². The van der Waals surface area contributed by atoms with E-state index >= 15 is 0 Å². The molecule has 0 atom stereocenters. The van der Waals surface area contributed by atoms with Crippen molar-refractivity contribution in [1.82, 2.24) is 9.88 Å². The summed E-state index contributed by atoms with van der Waals surface area (Å²) < 4.78 is 37.2. The van der Waals surface area contributed by atoms with Crippen molar-refractivity contribution in [2.45, 2.75) is 33.9 Å². The fraction of sp³-hybridized carbons (Fsp3) is 0.348. The van der Waals surface area contributed by atoms with Gasteiger partial charge in [-0.2, -0.15) is 0 Å². The Balaban J connectivity index is 1.81. The van der Waals surface area contributed by atoms with Gasteiger partial charge in [-0.1, -0.05) is 18.2 Å². The number of nitrogens with zero attached hydrogens (tertiary/aromatic N) is 2. The molecule has 0 aliphatic rings. The molecule has 0 fully saturated rings. The number of sulfonamides is 1. The molecule has 0 unspecified atom stereocenters.